The van der Waals surface area contributed by atoms with Gasteiger partial charge in [0.15, 0.2) is 11.5 Å². The van der Waals surface area contributed by atoms with Crippen LogP contribution in [0, 0.1) is 0 Å². The summed E-state index contributed by atoms with van der Waals surface area (Å²) in [4.78, 5) is 17.0. The van der Waals surface area contributed by atoms with Crippen molar-refractivity contribution in [3.05, 3.63) is 70.8 Å². The van der Waals surface area contributed by atoms with Gasteiger partial charge in [0.1, 0.15) is 12.2 Å². The van der Waals surface area contributed by atoms with Crippen molar-refractivity contribution in [3.8, 4) is 34.5 Å². The average molecular weight is 497 g/mol. The zero-order valence-electron chi connectivity index (χ0n) is 17.5. The Hall–Kier alpha value is -3.59. The number of rotatable bonds is 8. The molecule has 1 N–H and O–H groups in total. The van der Waals surface area contributed by atoms with Crippen molar-refractivity contribution in [2.75, 3.05) is 14.2 Å². The summed E-state index contributed by atoms with van der Waals surface area (Å²) in [6, 6.07) is 16.8. The van der Waals surface area contributed by atoms with E-state index in [1.807, 2.05) is 42.5 Å². The van der Waals surface area contributed by atoms with Gasteiger partial charge in [-0.25, -0.2) is 0 Å². The van der Waals surface area contributed by atoms with Crippen LogP contribution < -0.4 is 14.8 Å². The van der Waals surface area contributed by atoms with E-state index in [9.17, 15) is 4.79 Å². The van der Waals surface area contributed by atoms with E-state index in [2.05, 4.69) is 31.4 Å². The molecule has 0 unspecified atom stereocenters. The van der Waals surface area contributed by atoms with Crippen molar-refractivity contribution in [2.45, 2.75) is 13.1 Å². The minimum Gasteiger partial charge on any atom is -0.493 e. The third-order valence-corrected chi connectivity index (χ3v) is 5.64. The molecule has 0 aliphatic heterocycles. The number of carbonyl (C=O) groups is 1. The summed E-state index contributed by atoms with van der Waals surface area (Å²) in [5, 5.41) is 7.01. The molecule has 164 valence electrons. The van der Waals surface area contributed by atoms with E-state index in [1.54, 1.807) is 37.1 Å². The maximum Gasteiger partial charge on any atom is 0.274 e. The second-order valence-electron chi connectivity index (χ2n) is 6.88. The van der Waals surface area contributed by atoms with Gasteiger partial charge in [-0.15, -0.1) is 0 Å². The average Bonchev–Trinajstić information content (AvgIpc) is 3.47. The lowest BCUT2D eigenvalue weighted by atomic mass is 10.2. The summed E-state index contributed by atoms with van der Waals surface area (Å²) >= 11 is 3.49. The molecule has 2 aromatic heterocycles. The molecule has 0 aliphatic carbocycles. The van der Waals surface area contributed by atoms with Crippen molar-refractivity contribution < 1.29 is 18.8 Å². The van der Waals surface area contributed by atoms with E-state index in [4.69, 9.17) is 14.0 Å². The van der Waals surface area contributed by atoms with Gasteiger partial charge < -0.3 is 23.9 Å². The van der Waals surface area contributed by atoms with Crippen LogP contribution in [0.15, 0.2) is 69.8 Å². The highest BCUT2D eigenvalue weighted by atomic mass is 79.9. The Morgan fingerprint density at radius 3 is 2.69 bits per heavy atom. The summed E-state index contributed by atoms with van der Waals surface area (Å²) in [6.45, 7) is 0.557. The first kappa shape index (κ1) is 21.6. The zero-order valence-corrected chi connectivity index (χ0v) is 19.1. The molecule has 0 radical (unpaired) electrons. The monoisotopic (exact) mass is 496 g/mol. The lowest BCUT2D eigenvalue weighted by Gasteiger charge is -2.09. The van der Waals surface area contributed by atoms with Crippen molar-refractivity contribution >= 4 is 21.8 Å². The van der Waals surface area contributed by atoms with Crippen LogP contribution in [0.5, 0.6) is 11.5 Å². The number of ether oxygens (including phenoxy) is 2. The van der Waals surface area contributed by atoms with E-state index in [0.717, 1.165) is 15.6 Å². The SMILES string of the molecule is COc1ccc(-c2noc(-c3cccn3CC(=O)NCc3ccccc3Br)n2)cc1OC. The lowest BCUT2D eigenvalue weighted by molar-refractivity contribution is -0.121. The van der Waals surface area contributed by atoms with E-state index in [0.29, 0.717) is 35.5 Å². The maximum atomic E-state index is 12.5. The molecule has 8 nitrogen and oxygen atoms in total. The van der Waals surface area contributed by atoms with Crippen molar-refractivity contribution in [2.24, 2.45) is 0 Å². The fourth-order valence-electron chi connectivity index (χ4n) is 3.21. The van der Waals surface area contributed by atoms with Crippen LogP contribution in [0.3, 0.4) is 0 Å². The van der Waals surface area contributed by atoms with E-state index in [1.165, 1.54) is 0 Å². The molecule has 0 spiro atoms. The van der Waals surface area contributed by atoms with Gasteiger partial charge >= 0.3 is 0 Å². The van der Waals surface area contributed by atoms with Crippen LogP contribution >= 0.6 is 15.9 Å². The van der Waals surface area contributed by atoms with Gasteiger partial charge in [-0.3, -0.25) is 4.79 Å². The van der Waals surface area contributed by atoms with Gasteiger partial charge in [0.05, 0.1) is 14.2 Å². The number of hydrogen-bond acceptors (Lipinski definition) is 6. The molecular formula is C23H21BrN4O4. The molecule has 4 rings (SSSR count). The van der Waals surface area contributed by atoms with Crippen molar-refractivity contribution in [1.82, 2.24) is 20.0 Å². The number of hydrogen-bond donors (Lipinski definition) is 1. The third kappa shape index (κ3) is 4.67. The first-order chi connectivity index (χ1) is 15.6. The Labute approximate surface area is 193 Å². The smallest absolute Gasteiger partial charge is 0.274 e. The second-order valence-corrected chi connectivity index (χ2v) is 7.74. The van der Waals surface area contributed by atoms with Gasteiger partial charge in [-0.2, -0.15) is 4.98 Å². The molecule has 0 saturated heterocycles. The number of nitrogens with zero attached hydrogens (tertiary/aromatic N) is 3. The predicted octanol–water partition coefficient (Wildman–Crippen LogP) is 4.30. The first-order valence-corrected chi connectivity index (χ1v) is 10.6. The highest BCUT2D eigenvalue weighted by Crippen LogP contribution is 2.32. The Bertz CT molecular complexity index is 1230. The number of nitrogens with one attached hydrogen (secondary N) is 1. The quantitative estimate of drug-likeness (QED) is 0.391. The van der Waals surface area contributed by atoms with Gasteiger partial charge in [0.25, 0.3) is 5.89 Å². The number of benzene rings is 2. The Morgan fingerprint density at radius 1 is 1.09 bits per heavy atom. The zero-order chi connectivity index (χ0) is 22.5. The Balaban J connectivity index is 1.48. The van der Waals surface area contributed by atoms with Crippen LogP contribution in [0.4, 0.5) is 0 Å². The topological polar surface area (TPSA) is 91.4 Å². The van der Waals surface area contributed by atoms with Gasteiger partial charge in [0, 0.05) is 22.8 Å². The molecule has 0 fully saturated rings. The minimum absolute atomic E-state index is 0.126. The largest absolute Gasteiger partial charge is 0.493 e. The van der Waals surface area contributed by atoms with E-state index < -0.39 is 0 Å². The first-order valence-electron chi connectivity index (χ1n) is 9.80. The molecule has 2 aromatic carbocycles. The molecular weight excluding hydrogens is 476 g/mol. The molecule has 1 amide bonds. The van der Waals surface area contributed by atoms with Crippen LogP contribution in [-0.4, -0.2) is 34.8 Å². The molecule has 2 heterocycles. The Kier molecular flexibility index (Phi) is 6.55. The maximum absolute atomic E-state index is 12.5. The number of aromatic nitrogens is 3. The van der Waals surface area contributed by atoms with E-state index >= 15 is 0 Å². The fraction of sp³-hybridized carbons (Fsp3) is 0.174. The third-order valence-electron chi connectivity index (χ3n) is 4.86. The lowest BCUT2D eigenvalue weighted by Crippen LogP contribution is -2.27. The van der Waals surface area contributed by atoms with Gasteiger partial charge in [-0.1, -0.05) is 39.3 Å². The molecule has 0 bridgehead atoms. The minimum atomic E-state index is -0.127. The summed E-state index contributed by atoms with van der Waals surface area (Å²) in [5.74, 6) is 1.78. The summed E-state index contributed by atoms with van der Waals surface area (Å²) in [6.07, 6.45) is 1.80. The molecule has 0 saturated carbocycles. The fourth-order valence-corrected chi connectivity index (χ4v) is 3.64. The summed E-state index contributed by atoms with van der Waals surface area (Å²) in [7, 11) is 3.14. The number of methoxy groups -OCH3 is 2. The standard InChI is InChI=1S/C23H21BrN4O4/c1-30-19-10-9-15(12-20(19)31-2)22-26-23(32-27-22)18-8-5-11-28(18)14-21(29)25-13-16-6-3-4-7-17(16)24/h3-12H,13-14H2,1-2H3,(H,25,29). The van der Waals surface area contributed by atoms with Crippen LogP contribution in [0.1, 0.15) is 5.56 Å². The molecule has 4 aromatic rings. The van der Waals surface area contributed by atoms with E-state index in [-0.39, 0.29) is 12.5 Å². The van der Waals surface area contributed by atoms with Gasteiger partial charge in [0.2, 0.25) is 11.7 Å². The number of amides is 1. The molecule has 32 heavy (non-hydrogen) atoms. The number of carbonyl (C=O) groups excluding carboxylic acids is 1. The molecule has 0 aliphatic rings. The Morgan fingerprint density at radius 2 is 1.91 bits per heavy atom. The summed E-state index contributed by atoms with van der Waals surface area (Å²) < 4.78 is 18.8. The number of halogens is 1. The second kappa shape index (κ2) is 9.69. The predicted molar refractivity (Wildman–Crippen MR) is 122 cm³/mol. The van der Waals surface area contributed by atoms with Gasteiger partial charge in [-0.05, 0) is 42.0 Å². The van der Waals surface area contributed by atoms with Crippen molar-refractivity contribution in [1.29, 1.82) is 0 Å². The summed E-state index contributed by atoms with van der Waals surface area (Å²) in [5.41, 5.74) is 2.38. The van der Waals surface area contributed by atoms with Crippen molar-refractivity contribution in [3.63, 3.8) is 0 Å². The van der Waals surface area contributed by atoms with Crippen LogP contribution in [0.2, 0.25) is 0 Å². The molecule has 9 heteroatoms. The normalized spacial score (nSPS) is 10.7. The highest BCUT2D eigenvalue weighted by Gasteiger charge is 2.17. The highest BCUT2D eigenvalue weighted by molar-refractivity contribution is 9.10. The van der Waals surface area contributed by atoms with Crippen LogP contribution in [-0.2, 0) is 17.9 Å². The molecule has 0 atom stereocenters. The van der Waals surface area contributed by atoms with Crippen LogP contribution in [0.25, 0.3) is 23.0 Å².